The number of piperazine rings is 1. The number of anilines is 2. The smallest absolute Gasteiger partial charge is 0.137 e. The highest BCUT2D eigenvalue weighted by Crippen LogP contribution is 2.30. The minimum absolute atomic E-state index is 0.494. The van der Waals surface area contributed by atoms with Gasteiger partial charge >= 0.3 is 0 Å². The first-order chi connectivity index (χ1) is 9.20. The minimum atomic E-state index is 0.494. The molecule has 2 aliphatic heterocycles. The van der Waals surface area contributed by atoms with E-state index >= 15 is 0 Å². The summed E-state index contributed by atoms with van der Waals surface area (Å²) in [7, 11) is 0. The average molecular weight is 261 g/mol. The van der Waals surface area contributed by atoms with Gasteiger partial charge in [-0.15, -0.1) is 0 Å². The molecule has 2 fully saturated rings. The van der Waals surface area contributed by atoms with Crippen LogP contribution in [0.4, 0.5) is 11.6 Å². The molecule has 0 saturated carbocycles. The van der Waals surface area contributed by atoms with Gasteiger partial charge in [0.05, 0.1) is 0 Å². The van der Waals surface area contributed by atoms with E-state index in [4.69, 9.17) is 5.73 Å². The molecule has 19 heavy (non-hydrogen) atoms. The van der Waals surface area contributed by atoms with Gasteiger partial charge in [0, 0.05) is 30.7 Å². The quantitative estimate of drug-likeness (QED) is 0.869. The number of aromatic nitrogens is 2. The highest BCUT2D eigenvalue weighted by atomic mass is 15.3. The number of nitrogens with two attached hydrogens (primary N) is 1. The zero-order chi connectivity index (χ0) is 13.4. The molecule has 1 aromatic heterocycles. The fourth-order valence-electron chi connectivity index (χ4n) is 3.49. The van der Waals surface area contributed by atoms with Crippen molar-refractivity contribution in [1.82, 2.24) is 14.9 Å². The summed E-state index contributed by atoms with van der Waals surface area (Å²) in [5, 5.41) is 0. The van der Waals surface area contributed by atoms with Gasteiger partial charge < -0.3 is 10.6 Å². The summed E-state index contributed by atoms with van der Waals surface area (Å²) in [6.45, 7) is 7.87. The normalized spacial score (nSPS) is 27.6. The number of fused-ring (bicyclic) bond motifs is 1. The van der Waals surface area contributed by atoms with E-state index < -0.39 is 0 Å². The summed E-state index contributed by atoms with van der Waals surface area (Å²) in [6, 6.07) is 1.19. The summed E-state index contributed by atoms with van der Waals surface area (Å²) < 4.78 is 0. The highest BCUT2D eigenvalue weighted by molar-refractivity contribution is 5.57. The Labute approximate surface area is 114 Å². The van der Waals surface area contributed by atoms with Crippen LogP contribution in [0.2, 0.25) is 0 Å². The topological polar surface area (TPSA) is 58.3 Å². The Balaban J connectivity index is 1.91. The average Bonchev–Trinajstić information content (AvgIpc) is 2.84. The molecule has 0 bridgehead atoms. The van der Waals surface area contributed by atoms with E-state index in [0.717, 1.165) is 30.9 Å². The lowest BCUT2D eigenvalue weighted by Gasteiger charge is -2.43. The maximum absolute atomic E-state index is 6.00. The lowest BCUT2D eigenvalue weighted by molar-refractivity contribution is 0.202. The molecule has 2 atom stereocenters. The maximum Gasteiger partial charge on any atom is 0.137 e. The van der Waals surface area contributed by atoms with Gasteiger partial charge in [-0.2, -0.15) is 0 Å². The van der Waals surface area contributed by atoms with E-state index in [1.807, 2.05) is 0 Å². The first-order valence-electron chi connectivity index (χ1n) is 7.30. The molecule has 3 heterocycles. The Hall–Kier alpha value is -1.36. The third kappa shape index (κ3) is 2.16. The maximum atomic E-state index is 6.00. The second kappa shape index (κ2) is 4.96. The molecule has 0 radical (unpaired) electrons. The first-order valence-corrected chi connectivity index (χ1v) is 7.30. The Kier molecular flexibility index (Phi) is 3.31. The van der Waals surface area contributed by atoms with Crippen LogP contribution in [0.1, 0.15) is 32.3 Å². The van der Waals surface area contributed by atoms with E-state index in [1.54, 1.807) is 6.33 Å². The van der Waals surface area contributed by atoms with E-state index in [9.17, 15) is 0 Å². The third-order valence-corrected chi connectivity index (χ3v) is 4.52. The van der Waals surface area contributed by atoms with Gasteiger partial charge in [0.2, 0.25) is 0 Å². The van der Waals surface area contributed by atoms with Crippen molar-refractivity contribution in [2.45, 2.75) is 45.2 Å². The molecule has 1 aromatic rings. The number of hydrogen-bond acceptors (Lipinski definition) is 5. The van der Waals surface area contributed by atoms with Gasteiger partial charge in [0.15, 0.2) is 0 Å². The first kappa shape index (κ1) is 12.7. The van der Waals surface area contributed by atoms with E-state index in [2.05, 4.69) is 33.6 Å². The summed E-state index contributed by atoms with van der Waals surface area (Å²) in [4.78, 5) is 13.7. The molecular weight excluding hydrogens is 238 g/mol. The lowest BCUT2D eigenvalue weighted by atomic mass is 10.1. The zero-order valence-electron chi connectivity index (χ0n) is 11.8. The summed E-state index contributed by atoms with van der Waals surface area (Å²) in [5.41, 5.74) is 7.10. The lowest BCUT2D eigenvalue weighted by Crippen LogP contribution is -2.55. The number of rotatable bonds is 2. The van der Waals surface area contributed by atoms with Gasteiger partial charge in [-0.25, -0.2) is 9.97 Å². The molecule has 104 valence electrons. The van der Waals surface area contributed by atoms with Crippen LogP contribution >= 0.6 is 0 Å². The number of nitrogen functional groups attached to an aromatic ring is 1. The van der Waals surface area contributed by atoms with Crippen LogP contribution < -0.4 is 10.6 Å². The SMILES string of the molecule is CCc1c(N)ncnc1N1CC2CCCN2CC1C. The summed E-state index contributed by atoms with van der Waals surface area (Å²) in [6.07, 6.45) is 5.13. The molecule has 0 aliphatic carbocycles. The molecule has 2 aliphatic rings. The van der Waals surface area contributed by atoms with Crippen LogP contribution in [0, 0.1) is 0 Å². The van der Waals surface area contributed by atoms with Crippen molar-refractivity contribution in [1.29, 1.82) is 0 Å². The molecule has 0 aromatic carbocycles. The predicted octanol–water partition coefficient (Wildman–Crippen LogP) is 1.29. The van der Waals surface area contributed by atoms with E-state index in [-0.39, 0.29) is 0 Å². The van der Waals surface area contributed by atoms with Crippen molar-refractivity contribution in [2.75, 3.05) is 30.3 Å². The molecular formula is C14H23N5. The second-order valence-corrected chi connectivity index (χ2v) is 5.71. The Morgan fingerprint density at radius 2 is 2.21 bits per heavy atom. The van der Waals surface area contributed by atoms with Crippen LogP contribution in [0.3, 0.4) is 0 Å². The van der Waals surface area contributed by atoms with Crippen molar-refractivity contribution >= 4 is 11.6 Å². The van der Waals surface area contributed by atoms with Crippen LogP contribution in [0.15, 0.2) is 6.33 Å². The van der Waals surface area contributed by atoms with E-state index in [0.29, 0.717) is 17.9 Å². The summed E-state index contributed by atoms with van der Waals surface area (Å²) >= 11 is 0. The van der Waals surface area contributed by atoms with Gasteiger partial charge in [0.1, 0.15) is 18.0 Å². The molecule has 2 saturated heterocycles. The number of nitrogens with zero attached hydrogens (tertiary/aromatic N) is 4. The fraction of sp³-hybridized carbons (Fsp3) is 0.714. The van der Waals surface area contributed by atoms with Gasteiger partial charge in [-0.1, -0.05) is 6.92 Å². The Morgan fingerprint density at radius 3 is 3.00 bits per heavy atom. The fourth-order valence-corrected chi connectivity index (χ4v) is 3.49. The standard InChI is InChI=1S/C14H23N5/c1-3-12-13(15)16-9-17-14(12)19-8-11-5-4-6-18(11)7-10(19)2/h9-11H,3-8H2,1-2H3,(H2,15,16,17). The third-order valence-electron chi connectivity index (χ3n) is 4.52. The molecule has 5 heteroatoms. The zero-order valence-corrected chi connectivity index (χ0v) is 11.8. The molecule has 2 unspecified atom stereocenters. The van der Waals surface area contributed by atoms with Crippen LogP contribution in [0.25, 0.3) is 0 Å². The highest BCUT2D eigenvalue weighted by Gasteiger charge is 2.35. The van der Waals surface area contributed by atoms with Gasteiger partial charge in [0.25, 0.3) is 0 Å². The molecule has 3 rings (SSSR count). The van der Waals surface area contributed by atoms with Crippen molar-refractivity contribution < 1.29 is 0 Å². The van der Waals surface area contributed by atoms with Gasteiger partial charge in [-0.05, 0) is 32.7 Å². The van der Waals surface area contributed by atoms with Gasteiger partial charge in [-0.3, -0.25) is 4.90 Å². The van der Waals surface area contributed by atoms with Crippen molar-refractivity contribution in [2.24, 2.45) is 0 Å². The molecule has 0 amide bonds. The molecule has 5 nitrogen and oxygen atoms in total. The van der Waals surface area contributed by atoms with Crippen LogP contribution in [-0.4, -0.2) is 46.6 Å². The minimum Gasteiger partial charge on any atom is -0.383 e. The largest absolute Gasteiger partial charge is 0.383 e. The Morgan fingerprint density at radius 1 is 1.37 bits per heavy atom. The second-order valence-electron chi connectivity index (χ2n) is 5.71. The van der Waals surface area contributed by atoms with Crippen molar-refractivity contribution in [3.8, 4) is 0 Å². The summed E-state index contributed by atoms with van der Waals surface area (Å²) in [5.74, 6) is 1.68. The molecule has 2 N–H and O–H groups in total. The predicted molar refractivity (Wildman–Crippen MR) is 77.2 cm³/mol. The monoisotopic (exact) mass is 261 g/mol. The Bertz CT molecular complexity index is 461. The van der Waals surface area contributed by atoms with E-state index in [1.165, 1.54) is 19.4 Å². The van der Waals surface area contributed by atoms with Crippen molar-refractivity contribution in [3.05, 3.63) is 11.9 Å². The van der Waals surface area contributed by atoms with Crippen LogP contribution in [0.5, 0.6) is 0 Å². The number of hydrogen-bond donors (Lipinski definition) is 1. The van der Waals surface area contributed by atoms with Crippen LogP contribution in [-0.2, 0) is 6.42 Å². The molecule has 0 spiro atoms. The van der Waals surface area contributed by atoms with Crippen molar-refractivity contribution in [3.63, 3.8) is 0 Å².